The maximum atomic E-state index is 10.8. The van der Waals surface area contributed by atoms with Gasteiger partial charge in [0.15, 0.2) is 0 Å². The number of halogens is 1. The van der Waals surface area contributed by atoms with Gasteiger partial charge in [-0.25, -0.2) is 0 Å². The van der Waals surface area contributed by atoms with Crippen molar-refractivity contribution >= 4 is 17.3 Å². The first-order chi connectivity index (χ1) is 11.6. The van der Waals surface area contributed by atoms with E-state index >= 15 is 0 Å². The van der Waals surface area contributed by atoms with E-state index in [1.54, 1.807) is 12.1 Å². The summed E-state index contributed by atoms with van der Waals surface area (Å²) in [5, 5.41) is 11.4. The molecule has 0 fully saturated rings. The molecule has 0 saturated heterocycles. The van der Waals surface area contributed by atoms with Crippen LogP contribution in [0.4, 0.5) is 5.69 Å². The Morgan fingerprint density at radius 2 is 1.42 bits per heavy atom. The van der Waals surface area contributed by atoms with E-state index in [1.165, 1.54) is 12.1 Å². The van der Waals surface area contributed by atoms with Gasteiger partial charge in [0.25, 0.3) is 5.69 Å². The van der Waals surface area contributed by atoms with Crippen molar-refractivity contribution in [3.8, 4) is 5.75 Å². The number of rotatable bonds is 5. The Bertz CT molecular complexity index is 817. The molecule has 0 amide bonds. The van der Waals surface area contributed by atoms with E-state index in [4.69, 9.17) is 16.3 Å². The molecule has 0 aliphatic carbocycles. The van der Waals surface area contributed by atoms with Crippen LogP contribution < -0.4 is 4.74 Å². The van der Waals surface area contributed by atoms with Gasteiger partial charge in [0.05, 0.1) is 4.92 Å². The third-order valence-corrected chi connectivity index (χ3v) is 3.83. The summed E-state index contributed by atoms with van der Waals surface area (Å²) in [7, 11) is 0. The van der Waals surface area contributed by atoms with E-state index in [0.29, 0.717) is 10.8 Å². The quantitative estimate of drug-likeness (QED) is 0.461. The summed E-state index contributed by atoms with van der Waals surface area (Å²) in [6, 6.07) is 23.3. The van der Waals surface area contributed by atoms with Gasteiger partial charge in [-0.2, -0.15) is 0 Å². The lowest BCUT2D eigenvalue weighted by molar-refractivity contribution is -0.384. The van der Waals surface area contributed by atoms with Gasteiger partial charge in [-0.1, -0.05) is 54.1 Å². The first-order valence-electron chi connectivity index (χ1n) is 7.35. The summed E-state index contributed by atoms with van der Waals surface area (Å²) < 4.78 is 6.10. The van der Waals surface area contributed by atoms with Crippen molar-refractivity contribution in [2.75, 3.05) is 0 Å². The fraction of sp³-hybridized carbons (Fsp3) is 0.0526. The Kier molecular flexibility index (Phi) is 4.77. The standard InChI is InChI=1S/C19H14ClNO3/c20-16-8-6-15(7-9-16)19(14-4-2-1-3-5-14)24-18-12-10-17(11-13-18)21(22)23/h1-13,19H/t19-/m0/s1. The van der Waals surface area contributed by atoms with Gasteiger partial charge in [-0.15, -0.1) is 0 Å². The molecule has 3 aromatic carbocycles. The molecule has 0 unspecified atom stereocenters. The molecule has 3 aromatic rings. The number of nitro groups is 1. The van der Waals surface area contributed by atoms with Crippen LogP contribution in [0.3, 0.4) is 0 Å². The van der Waals surface area contributed by atoms with Crippen LogP contribution >= 0.6 is 11.6 Å². The minimum absolute atomic E-state index is 0.0325. The molecule has 0 bridgehead atoms. The van der Waals surface area contributed by atoms with E-state index in [9.17, 15) is 10.1 Å². The zero-order chi connectivity index (χ0) is 16.9. The summed E-state index contributed by atoms with van der Waals surface area (Å²) in [6.45, 7) is 0. The fourth-order valence-corrected chi connectivity index (χ4v) is 2.50. The van der Waals surface area contributed by atoms with Crippen LogP contribution in [0.2, 0.25) is 5.02 Å². The maximum absolute atomic E-state index is 10.8. The lowest BCUT2D eigenvalue weighted by atomic mass is 10.0. The van der Waals surface area contributed by atoms with Gasteiger partial charge in [0, 0.05) is 17.2 Å². The molecule has 0 aromatic heterocycles. The first kappa shape index (κ1) is 16.0. The number of nitrogens with zero attached hydrogens (tertiary/aromatic N) is 1. The molecular formula is C19H14ClNO3. The van der Waals surface area contributed by atoms with Crippen LogP contribution in [0, 0.1) is 10.1 Å². The Labute approximate surface area is 144 Å². The molecule has 0 aliphatic heterocycles. The highest BCUT2D eigenvalue weighted by molar-refractivity contribution is 6.30. The number of nitro benzene ring substituents is 1. The number of hydrogen-bond donors (Lipinski definition) is 0. The molecule has 5 heteroatoms. The van der Waals surface area contributed by atoms with E-state index in [1.807, 2.05) is 54.6 Å². The summed E-state index contributed by atoms with van der Waals surface area (Å²) in [5.74, 6) is 0.560. The monoisotopic (exact) mass is 339 g/mol. The molecule has 0 spiro atoms. The van der Waals surface area contributed by atoms with Gasteiger partial charge < -0.3 is 4.74 Å². The molecule has 1 atom stereocenters. The van der Waals surface area contributed by atoms with Gasteiger partial charge in [-0.05, 0) is 35.4 Å². The second kappa shape index (κ2) is 7.15. The number of hydrogen-bond acceptors (Lipinski definition) is 3. The topological polar surface area (TPSA) is 52.4 Å². The van der Waals surface area contributed by atoms with Gasteiger partial charge in [0.2, 0.25) is 0 Å². The van der Waals surface area contributed by atoms with Crippen molar-refractivity contribution < 1.29 is 9.66 Å². The summed E-state index contributed by atoms with van der Waals surface area (Å²) in [5.41, 5.74) is 1.97. The average Bonchev–Trinajstić information content (AvgIpc) is 2.62. The molecule has 0 heterocycles. The fourth-order valence-electron chi connectivity index (χ4n) is 2.38. The zero-order valence-corrected chi connectivity index (χ0v) is 13.4. The second-order valence-electron chi connectivity index (χ2n) is 5.21. The van der Waals surface area contributed by atoms with E-state index in [0.717, 1.165) is 11.1 Å². The van der Waals surface area contributed by atoms with Crippen molar-refractivity contribution in [2.45, 2.75) is 6.10 Å². The molecular weight excluding hydrogens is 326 g/mol. The van der Waals surface area contributed by atoms with Crippen molar-refractivity contribution in [3.05, 3.63) is 105 Å². The normalized spacial score (nSPS) is 11.7. The molecule has 4 nitrogen and oxygen atoms in total. The Balaban J connectivity index is 1.93. The Morgan fingerprint density at radius 1 is 0.833 bits per heavy atom. The van der Waals surface area contributed by atoms with Crippen LogP contribution in [-0.4, -0.2) is 4.92 Å². The zero-order valence-electron chi connectivity index (χ0n) is 12.6. The van der Waals surface area contributed by atoms with Crippen LogP contribution in [0.1, 0.15) is 17.2 Å². The Morgan fingerprint density at radius 3 is 2.00 bits per heavy atom. The molecule has 0 aliphatic rings. The lowest BCUT2D eigenvalue weighted by Gasteiger charge is -2.20. The van der Waals surface area contributed by atoms with Crippen LogP contribution in [0.5, 0.6) is 5.75 Å². The first-order valence-corrected chi connectivity index (χ1v) is 7.73. The highest BCUT2D eigenvalue weighted by Crippen LogP contribution is 2.30. The summed E-state index contributed by atoms with van der Waals surface area (Å²) in [4.78, 5) is 10.3. The van der Waals surface area contributed by atoms with Crippen LogP contribution in [0.25, 0.3) is 0 Å². The van der Waals surface area contributed by atoms with Gasteiger partial charge in [-0.3, -0.25) is 10.1 Å². The molecule has 120 valence electrons. The maximum Gasteiger partial charge on any atom is 0.269 e. The summed E-state index contributed by atoms with van der Waals surface area (Å²) in [6.07, 6.45) is -0.329. The van der Waals surface area contributed by atoms with Crippen LogP contribution in [0.15, 0.2) is 78.9 Å². The number of ether oxygens (including phenoxy) is 1. The minimum Gasteiger partial charge on any atom is -0.481 e. The molecule has 3 rings (SSSR count). The molecule has 0 N–H and O–H groups in total. The van der Waals surface area contributed by atoms with E-state index < -0.39 is 4.92 Å². The number of non-ortho nitro benzene ring substituents is 1. The van der Waals surface area contributed by atoms with Gasteiger partial charge in [0.1, 0.15) is 11.9 Å². The van der Waals surface area contributed by atoms with Crippen molar-refractivity contribution in [2.24, 2.45) is 0 Å². The van der Waals surface area contributed by atoms with Crippen molar-refractivity contribution in [1.29, 1.82) is 0 Å². The molecule has 0 radical (unpaired) electrons. The highest BCUT2D eigenvalue weighted by atomic mass is 35.5. The third kappa shape index (κ3) is 3.73. The van der Waals surface area contributed by atoms with Crippen LogP contribution in [-0.2, 0) is 0 Å². The average molecular weight is 340 g/mol. The molecule has 0 saturated carbocycles. The third-order valence-electron chi connectivity index (χ3n) is 3.58. The van der Waals surface area contributed by atoms with E-state index in [-0.39, 0.29) is 11.8 Å². The predicted molar refractivity (Wildman–Crippen MR) is 93.5 cm³/mol. The van der Waals surface area contributed by atoms with Crippen molar-refractivity contribution in [1.82, 2.24) is 0 Å². The SMILES string of the molecule is O=[N+]([O-])c1ccc(O[C@@H](c2ccccc2)c2ccc(Cl)cc2)cc1. The minimum atomic E-state index is -0.433. The van der Waals surface area contributed by atoms with E-state index in [2.05, 4.69) is 0 Å². The number of benzene rings is 3. The lowest BCUT2D eigenvalue weighted by Crippen LogP contribution is -2.09. The smallest absolute Gasteiger partial charge is 0.269 e. The second-order valence-corrected chi connectivity index (χ2v) is 5.65. The summed E-state index contributed by atoms with van der Waals surface area (Å²) >= 11 is 5.96. The van der Waals surface area contributed by atoms with Gasteiger partial charge >= 0.3 is 0 Å². The highest BCUT2D eigenvalue weighted by Gasteiger charge is 2.16. The molecule has 24 heavy (non-hydrogen) atoms. The Hall–Kier alpha value is -2.85. The largest absolute Gasteiger partial charge is 0.481 e. The predicted octanol–water partition coefficient (Wildman–Crippen LogP) is 5.42. The van der Waals surface area contributed by atoms with Crippen molar-refractivity contribution in [3.63, 3.8) is 0 Å².